The van der Waals surface area contributed by atoms with E-state index < -0.39 is 17.8 Å². The molecule has 1 amide bonds. The van der Waals surface area contributed by atoms with Gasteiger partial charge in [-0.1, -0.05) is 18.2 Å². The second kappa shape index (κ2) is 8.76. The van der Waals surface area contributed by atoms with E-state index in [1.54, 1.807) is 24.3 Å². The number of nitrogens with one attached hydrogen (secondary N) is 1. The summed E-state index contributed by atoms with van der Waals surface area (Å²) >= 11 is 0. The first-order valence-corrected chi connectivity index (χ1v) is 9.39. The highest BCUT2D eigenvalue weighted by Gasteiger charge is 2.35. The minimum absolute atomic E-state index is 0.0838. The van der Waals surface area contributed by atoms with Crippen LogP contribution in [0.3, 0.4) is 0 Å². The molecule has 0 saturated carbocycles. The van der Waals surface area contributed by atoms with E-state index in [1.807, 2.05) is 0 Å². The van der Waals surface area contributed by atoms with Crippen molar-refractivity contribution in [3.8, 4) is 0 Å². The van der Waals surface area contributed by atoms with E-state index in [-0.39, 0.29) is 30.3 Å². The van der Waals surface area contributed by atoms with E-state index in [4.69, 9.17) is 16.6 Å². The molecule has 0 aliphatic carbocycles. The molecule has 1 unspecified atom stereocenters. The number of rotatable bonds is 7. The Morgan fingerprint density at radius 2 is 1.87 bits per heavy atom. The second-order valence-corrected chi connectivity index (χ2v) is 7.04. The van der Waals surface area contributed by atoms with Crippen LogP contribution >= 0.6 is 0 Å². The van der Waals surface area contributed by atoms with E-state index >= 15 is 0 Å². The molecule has 1 aliphatic rings. The number of alkyl halides is 3. The molecule has 0 aromatic heterocycles. The van der Waals surface area contributed by atoms with Gasteiger partial charge in [0.1, 0.15) is 0 Å². The van der Waals surface area contributed by atoms with Crippen LogP contribution in [0.5, 0.6) is 0 Å². The van der Waals surface area contributed by atoms with E-state index in [2.05, 4.69) is 5.32 Å². The molecule has 6 nitrogen and oxygen atoms in total. The molecule has 3 rings (SSSR count). The van der Waals surface area contributed by atoms with Crippen molar-refractivity contribution in [1.82, 2.24) is 4.90 Å². The number of anilines is 2. The number of nitrogen functional groups attached to an aromatic ring is 1. The molecule has 9 heteroatoms. The Morgan fingerprint density at radius 3 is 2.50 bits per heavy atom. The number of nitrogens with zero attached hydrogens (tertiary/aromatic N) is 1. The highest BCUT2D eigenvalue weighted by atomic mass is 19.4. The van der Waals surface area contributed by atoms with Crippen LogP contribution in [-0.2, 0) is 11.0 Å². The lowest BCUT2D eigenvalue weighted by molar-refractivity contribution is -0.137. The van der Waals surface area contributed by atoms with Crippen molar-refractivity contribution in [3.63, 3.8) is 0 Å². The maximum atomic E-state index is 13.0. The Labute approximate surface area is 172 Å². The smallest absolute Gasteiger partial charge is 0.399 e. The predicted molar refractivity (Wildman–Crippen MR) is 108 cm³/mol. The first kappa shape index (κ1) is 21.7. The van der Waals surface area contributed by atoms with Crippen LogP contribution in [0, 0.1) is 0 Å². The molecule has 30 heavy (non-hydrogen) atoms. The fourth-order valence-electron chi connectivity index (χ4n) is 3.33. The molecular weight excluding hydrogens is 397 g/mol. The van der Waals surface area contributed by atoms with Gasteiger partial charge in [-0.15, -0.1) is 0 Å². The molecule has 1 atom stereocenters. The molecule has 2 aromatic carbocycles. The third-order valence-corrected chi connectivity index (χ3v) is 4.87. The van der Waals surface area contributed by atoms with Crippen LogP contribution in [0.25, 0.3) is 0 Å². The maximum Gasteiger partial charge on any atom is 0.416 e. The van der Waals surface area contributed by atoms with Crippen molar-refractivity contribution in [3.05, 3.63) is 70.9 Å². The number of aliphatic hydroxyl groups excluding tert-OH is 1. The SMILES string of the molecule is Nc1ccc(C(N)C2=C(Nc3cccc(C(F)(F)F)c3)CN(CCCO)C2=O)cc1. The van der Waals surface area contributed by atoms with E-state index in [1.165, 1.54) is 17.0 Å². The fraction of sp³-hybridized carbons (Fsp3) is 0.286. The average molecular weight is 420 g/mol. The molecular formula is C21H23F3N4O2. The molecule has 1 aliphatic heterocycles. The van der Waals surface area contributed by atoms with Gasteiger partial charge in [0.2, 0.25) is 0 Å². The zero-order chi connectivity index (χ0) is 21.9. The van der Waals surface area contributed by atoms with Crippen molar-refractivity contribution in [2.75, 3.05) is 30.7 Å². The van der Waals surface area contributed by atoms with Gasteiger partial charge in [-0.2, -0.15) is 13.2 Å². The lowest BCUT2D eigenvalue weighted by Crippen LogP contribution is -2.31. The van der Waals surface area contributed by atoms with Gasteiger partial charge in [0.05, 0.1) is 23.7 Å². The standard InChI is InChI=1S/C21H23F3N4O2/c22-21(23,24)14-3-1-4-16(11-14)27-17-12-28(9-2-10-29)20(30)18(17)19(26)13-5-7-15(25)8-6-13/h1,3-8,11,19,27,29H,2,9-10,12,25-26H2. The van der Waals surface area contributed by atoms with Crippen molar-refractivity contribution in [2.45, 2.75) is 18.6 Å². The topological polar surface area (TPSA) is 105 Å². The second-order valence-electron chi connectivity index (χ2n) is 7.04. The molecule has 0 radical (unpaired) electrons. The monoisotopic (exact) mass is 420 g/mol. The highest BCUT2D eigenvalue weighted by Crippen LogP contribution is 2.33. The van der Waals surface area contributed by atoms with Gasteiger partial charge in [0, 0.05) is 30.2 Å². The van der Waals surface area contributed by atoms with Gasteiger partial charge in [0.25, 0.3) is 5.91 Å². The lowest BCUT2D eigenvalue weighted by Gasteiger charge is -2.18. The number of halogens is 3. The minimum atomic E-state index is -4.48. The number of nitrogens with two attached hydrogens (primary N) is 2. The Bertz CT molecular complexity index is 942. The number of hydrogen-bond donors (Lipinski definition) is 4. The van der Waals surface area contributed by atoms with Crippen LogP contribution in [-0.4, -0.2) is 35.6 Å². The average Bonchev–Trinajstić information content (AvgIpc) is 3.01. The summed E-state index contributed by atoms with van der Waals surface area (Å²) in [6.07, 6.45) is -4.10. The van der Waals surface area contributed by atoms with Gasteiger partial charge in [-0.05, 0) is 42.3 Å². The number of benzene rings is 2. The number of hydrogen-bond acceptors (Lipinski definition) is 5. The molecule has 0 fully saturated rings. The molecule has 6 N–H and O–H groups in total. The number of aliphatic hydroxyl groups is 1. The Morgan fingerprint density at radius 1 is 1.17 bits per heavy atom. The summed E-state index contributed by atoms with van der Waals surface area (Å²) in [6, 6.07) is 10.7. The lowest BCUT2D eigenvalue weighted by atomic mass is 9.98. The van der Waals surface area contributed by atoms with Crippen LogP contribution in [0.4, 0.5) is 24.5 Å². The summed E-state index contributed by atoms with van der Waals surface area (Å²) in [7, 11) is 0. The number of carbonyl (C=O) groups is 1. The van der Waals surface area contributed by atoms with Gasteiger partial charge in [-0.25, -0.2) is 0 Å². The van der Waals surface area contributed by atoms with Crippen LogP contribution < -0.4 is 16.8 Å². The Balaban J connectivity index is 1.95. The largest absolute Gasteiger partial charge is 0.416 e. The molecule has 0 saturated heterocycles. The van der Waals surface area contributed by atoms with E-state index in [0.29, 0.717) is 29.9 Å². The fourth-order valence-corrected chi connectivity index (χ4v) is 3.33. The third kappa shape index (κ3) is 4.74. The Hall–Kier alpha value is -3.04. The summed E-state index contributed by atoms with van der Waals surface area (Å²) in [4.78, 5) is 14.5. The van der Waals surface area contributed by atoms with Gasteiger partial charge in [0.15, 0.2) is 0 Å². The highest BCUT2D eigenvalue weighted by molar-refractivity contribution is 5.99. The maximum absolute atomic E-state index is 13.0. The summed E-state index contributed by atoms with van der Waals surface area (Å²) in [5.41, 5.74) is 13.4. The van der Waals surface area contributed by atoms with Gasteiger partial charge >= 0.3 is 6.18 Å². The van der Waals surface area contributed by atoms with Crippen LogP contribution in [0.1, 0.15) is 23.6 Å². The van der Waals surface area contributed by atoms with E-state index in [0.717, 1.165) is 12.1 Å². The summed E-state index contributed by atoms with van der Waals surface area (Å²) < 4.78 is 39.1. The third-order valence-electron chi connectivity index (χ3n) is 4.87. The van der Waals surface area contributed by atoms with Crippen molar-refractivity contribution < 1.29 is 23.1 Å². The zero-order valence-corrected chi connectivity index (χ0v) is 16.1. The first-order valence-electron chi connectivity index (χ1n) is 9.39. The van der Waals surface area contributed by atoms with Gasteiger partial charge < -0.3 is 26.8 Å². The number of amides is 1. The predicted octanol–water partition coefficient (Wildman–Crippen LogP) is 2.88. The quantitative estimate of drug-likeness (QED) is 0.516. The summed E-state index contributed by atoms with van der Waals surface area (Å²) in [5.74, 6) is -0.317. The van der Waals surface area contributed by atoms with E-state index in [9.17, 15) is 18.0 Å². The Kier molecular flexibility index (Phi) is 6.33. The molecule has 160 valence electrons. The van der Waals surface area contributed by atoms with Crippen molar-refractivity contribution in [2.24, 2.45) is 5.73 Å². The molecule has 0 bridgehead atoms. The number of carbonyl (C=O) groups excluding carboxylic acids is 1. The van der Waals surface area contributed by atoms with Gasteiger partial charge in [-0.3, -0.25) is 4.79 Å². The zero-order valence-electron chi connectivity index (χ0n) is 16.1. The van der Waals surface area contributed by atoms with Crippen LogP contribution in [0.15, 0.2) is 59.8 Å². The molecule has 1 heterocycles. The first-order chi connectivity index (χ1) is 14.2. The van der Waals surface area contributed by atoms with Crippen molar-refractivity contribution >= 4 is 17.3 Å². The summed E-state index contributed by atoms with van der Waals surface area (Å²) in [5, 5.41) is 12.0. The molecule has 0 spiro atoms. The van der Waals surface area contributed by atoms with Crippen molar-refractivity contribution in [1.29, 1.82) is 0 Å². The molecule has 2 aromatic rings. The normalized spacial score (nSPS) is 15.6. The summed E-state index contributed by atoms with van der Waals surface area (Å²) in [6.45, 7) is 0.383. The minimum Gasteiger partial charge on any atom is -0.399 e. The van der Waals surface area contributed by atoms with Crippen LogP contribution in [0.2, 0.25) is 0 Å².